The Hall–Kier alpha value is -3.27. The van der Waals surface area contributed by atoms with E-state index in [0.29, 0.717) is 17.0 Å². The average molecular weight is 516 g/mol. The Morgan fingerprint density at radius 2 is 1.67 bits per heavy atom. The van der Waals surface area contributed by atoms with Crippen LogP contribution >= 0.6 is 0 Å². The number of aryl methyl sites for hydroxylation is 1. The maximum atomic E-state index is 13.7. The second-order valence-electron chi connectivity index (χ2n) is 9.03. The minimum absolute atomic E-state index is 0.0340. The van der Waals surface area contributed by atoms with E-state index >= 15 is 0 Å². The molecule has 0 unspecified atom stereocenters. The Morgan fingerprint density at radius 3 is 2.22 bits per heavy atom. The molecule has 0 aliphatic heterocycles. The smallest absolute Gasteiger partial charge is 0.305 e. The highest BCUT2D eigenvalue weighted by Crippen LogP contribution is 2.37. The van der Waals surface area contributed by atoms with Crippen LogP contribution in [0.15, 0.2) is 70.5 Å². The van der Waals surface area contributed by atoms with Crippen LogP contribution in [0.4, 0.5) is 4.39 Å². The fourth-order valence-corrected chi connectivity index (χ4v) is 5.39. The summed E-state index contributed by atoms with van der Waals surface area (Å²) in [5.74, 6) is -1.77. The highest BCUT2D eigenvalue weighted by molar-refractivity contribution is 7.91. The van der Waals surface area contributed by atoms with Crippen LogP contribution in [0.3, 0.4) is 0 Å². The van der Waals surface area contributed by atoms with Crippen LogP contribution < -0.4 is 0 Å². The molecular weight excluding hydrogens is 485 g/mol. The van der Waals surface area contributed by atoms with Crippen LogP contribution in [0.1, 0.15) is 43.9 Å². The van der Waals surface area contributed by atoms with E-state index in [1.807, 2.05) is 20.8 Å². The van der Waals surface area contributed by atoms with Crippen molar-refractivity contribution in [1.82, 2.24) is 4.57 Å². The first-order valence-electron chi connectivity index (χ1n) is 11.5. The lowest BCUT2D eigenvalue weighted by molar-refractivity contribution is -0.139. The molecule has 192 valence electrons. The molecule has 2 atom stereocenters. The van der Waals surface area contributed by atoms with Gasteiger partial charge in [0, 0.05) is 23.9 Å². The number of carbonyl (C=O) groups is 1. The van der Waals surface area contributed by atoms with E-state index in [9.17, 15) is 27.8 Å². The molecule has 0 spiro atoms. The molecule has 0 aliphatic carbocycles. The van der Waals surface area contributed by atoms with Gasteiger partial charge in [0.05, 0.1) is 34.1 Å². The van der Waals surface area contributed by atoms with Gasteiger partial charge in [0.25, 0.3) is 0 Å². The molecule has 0 bridgehead atoms. The van der Waals surface area contributed by atoms with Gasteiger partial charge in [-0.1, -0.05) is 31.5 Å². The van der Waals surface area contributed by atoms with Crippen LogP contribution in [0.5, 0.6) is 0 Å². The van der Waals surface area contributed by atoms with Crippen molar-refractivity contribution in [3.05, 3.63) is 77.7 Å². The van der Waals surface area contributed by atoms with Crippen molar-refractivity contribution in [3.8, 4) is 11.3 Å². The highest BCUT2D eigenvalue weighted by atomic mass is 32.2. The molecule has 9 heteroatoms. The zero-order valence-electron chi connectivity index (χ0n) is 20.3. The average Bonchev–Trinajstić information content (AvgIpc) is 3.18. The summed E-state index contributed by atoms with van der Waals surface area (Å²) in [5.41, 5.74) is 2.30. The fourth-order valence-electron chi connectivity index (χ4n) is 3.89. The number of hydrogen-bond donors (Lipinski definition) is 3. The lowest BCUT2D eigenvalue weighted by atomic mass is 10.1. The topological polar surface area (TPSA) is 117 Å². The van der Waals surface area contributed by atoms with E-state index in [1.54, 1.807) is 22.8 Å². The van der Waals surface area contributed by atoms with E-state index in [4.69, 9.17) is 5.11 Å². The number of benzene rings is 2. The molecule has 0 radical (unpaired) electrons. The van der Waals surface area contributed by atoms with Gasteiger partial charge in [0.2, 0.25) is 9.84 Å². The number of carboxylic acid groups (broad SMARTS) is 1. The number of aliphatic carboxylic acids is 1. The number of aliphatic hydroxyl groups excluding tert-OH is 2. The summed E-state index contributed by atoms with van der Waals surface area (Å²) in [5, 5.41) is 29.0. The number of halogens is 1. The van der Waals surface area contributed by atoms with Crippen molar-refractivity contribution in [2.45, 2.75) is 61.5 Å². The molecule has 0 fully saturated rings. The van der Waals surface area contributed by atoms with Crippen molar-refractivity contribution in [2.24, 2.45) is 0 Å². The molecule has 0 aliphatic rings. The quantitative estimate of drug-likeness (QED) is 0.363. The van der Waals surface area contributed by atoms with Gasteiger partial charge in [-0.3, -0.25) is 4.79 Å². The number of carboxylic acids is 1. The summed E-state index contributed by atoms with van der Waals surface area (Å²) in [6.45, 7) is 5.64. The summed E-state index contributed by atoms with van der Waals surface area (Å²) in [6, 6.07) is 13.5. The number of rotatable bonds is 10. The standard InChI is InChI=1S/C27H30FNO6S/c1-17(2)24-16-25(36(34,35)23-10-4-18(3)5-11-23)27(19-6-8-20(28)9-7-19)29(24)13-12-21(30)14-22(31)15-26(32)33/h4-13,16-17,21-22,30-31H,14-15H2,1-3H3,(H,32,33)/b13-12+/t21-,22-/m1/s1. The van der Waals surface area contributed by atoms with E-state index in [1.165, 1.54) is 48.7 Å². The molecule has 3 rings (SSSR count). The van der Waals surface area contributed by atoms with Crippen molar-refractivity contribution >= 4 is 22.0 Å². The van der Waals surface area contributed by atoms with Crippen LogP contribution in [-0.4, -0.2) is 46.5 Å². The Balaban J connectivity index is 2.18. The molecule has 1 heterocycles. The number of sulfone groups is 1. The van der Waals surface area contributed by atoms with Crippen LogP contribution in [-0.2, 0) is 14.6 Å². The molecule has 0 saturated heterocycles. The van der Waals surface area contributed by atoms with Gasteiger partial charge in [-0.2, -0.15) is 0 Å². The lowest BCUT2D eigenvalue weighted by Gasteiger charge is -2.15. The predicted molar refractivity (Wildman–Crippen MR) is 135 cm³/mol. The van der Waals surface area contributed by atoms with Crippen LogP contribution in [0.2, 0.25) is 0 Å². The minimum atomic E-state index is -3.97. The monoisotopic (exact) mass is 515 g/mol. The summed E-state index contributed by atoms with van der Waals surface area (Å²) in [4.78, 5) is 11.0. The molecule has 0 amide bonds. The number of aliphatic hydroxyl groups is 2. The van der Waals surface area contributed by atoms with Crippen molar-refractivity contribution in [2.75, 3.05) is 0 Å². The van der Waals surface area contributed by atoms with E-state index < -0.39 is 40.3 Å². The van der Waals surface area contributed by atoms with E-state index in [-0.39, 0.29) is 22.1 Å². The molecule has 36 heavy (non-hydrogen) atoms. The Labute approximate surface area is 210 Å². The van der Waals surface area contributed by atoms with Crippen molar-refractivity contribution in [3.63, 3.8) is 0 Å². The first-order chi connectivity index (χ1) is 16.9. The Kier molecular flexibility index (Phi) is 8.50. The Bertz CT molecular complexity index is 1340. The molecule has 2 aromatic carbocycles. The van der Waals surface area contributed by atoms with Crippen molar-refractivity contribution in [1.29, 1.82) is 0 Å². The van der Waals surface area contributed by atoms with Gasteiger partial charge in [0.1, 0.15) is 5.82 Å². The van der Waals surface area contributed by atoms with Gasteiger partial charge in [0.15, 0.2) is 0 Å². The summed E-state index contributed by atoms with van der Waals surface area (Å²) >= 11 is 0. The predicted octanol–water partition coefficient (Wildman–Crippen LogP) is 4.62. The Morgan fingerprint density at radius 1 is 1.06 bits per heavy atom. The highest BCUT2D eigenvalue weighted by Gasteiger charge is 2.28. The van der Waals surface area contributed by atoms with Gasteiger partial charge >= 0.3 is 5.97 Å². The molecule has 3 aromatic rings. The third-order valence-corrected chi connectivity index (χ3v) is 7.53. The van der Waals surface area contributed by atoms with Gasteiger partial charge in [-0.05, 0) is 61.4 Å². The van der Waals surface area contributed by atoms with Gasteiger partial charge in [-0.15, -0.1) is 0 Å². The molecule has 1 aromatic heterocycles. The third-order valence-electron chi connectivity index (χ3n) is 5.74. The zero-order valence-corrected chi connectivity index (χ0v) is 21.1. The molecule has 7 nitrogen and oxygen atoms in total. The minimum Gasteiger partial charge on any atom is -0.481 e. The maximum absolute atomic E-state index is 13.7. The molecular formula is C27H30FNO6S. The SMILES string of the molecule is Cc1ccc(S(=O)(=O)c2cc(C(C)C)n(/C=C/[C@@H](O)C[C@@H](O)CC(=O)O)c2-c2ccc(F)cc2)cc1. The maximum Gasteiger partial charge on any atom is 0.305 e. The van der Waals surface area contributed by atoms with Crippen molar-refractivity contribution < 1.29 is 32.9 Å². The lowest BCUT2D eigenvalue weighted by Crippen LogP contribution is -2.19. The number of hydrogen-bond acceptors (Lipinski definition) is 5. The van der Waals surface area contributed by atoms with Crippen LogP contribution in [0.25, 0.3) is 17.5 Å². The second kappa shape index (κ2) is 11.2. The third kappa shape index (κ3) is 6.29. The van der Waals surface area contributed by atoms with Gasteiger partial charge < -0.3 is 19.9 Å². The zero-order chi connectivity index (χ0) is 26.6. The summed E-state index contributed by atoms with van der Waals surface area (Å²) in [6.07, 6.45) is -0.273. The van der Waals surface area contributed by atoms with E-state index in [2.05, 4.69) is 0 Å². The second-order valence-corrected chi connectivity index (χ2v) is 10.9. The number of nitrogens with zero attached hydrogens (tertiary/aromatic N) is 1. The largest absolute Gasteiger partial charge is 0.481 e. The van der Waals surface area contributed by atoms with Gasteiger partial charge in [-0.25, -0.2) is 12.8 Å². The summed E-state index contributed by atoms with van der Waals surface area (Å²) < 4.78 is 42.8. The fraction of sp³-hybridized carbons (Fsp3) is 0.296. The van der Waals surface area contributed by atoms with Crippen LogP contribution in [0, 0.1) is 12.7 Å². The first-order valence-corrected chi connectivity index (χ1v) is 13.0. The molecule has 0 saturated carbocycles. The summed E-state index contributed by atoms with van der Waals surface area (Å²) in [7, 11) is -3.97. The number of aromatic nitrogens is 1. The normalized spacial score (nSPS) is 13.9. The molecule has 3 N–H and O–H groups in total. The van der Waals surface area contributed by atoms with E-state index in [0.717, 1.165) is 5.56 Å². The first kappa shape index (κ1) is 27.3.